The molecule has 0 aliphatic carbocycles. The van der Waals surface area contributed by atoms with Crippen LogP contribution in [0.5, 0.6) is 0 Å². The highest BCUT2D eigenvalue weighted by Gasteiger charge is 2.17. The first-order valence-corrected chi connectivity index (χ1v) is 6.48. The number of hydrogen-bond acceptors (Lipinski definition) is 2. The van der Waals surface area contributed by atoms with Crippen LogP contribution >= 0.6 is 11.6 Å². The van der Waals surface area contributed by atoms with E-state index in [1.54, 1.807) is 18.3 Å². The second-order valence-corrected chi connectivity index (χ2v) is 5.00. The molecule has 1 aromatic heterocycles. The summed E-state index contributed by atoms with van der Waals surface area (Å²) in [6.07, 6.45) is 1.58. The molecule has 0 fully saturated rings. The lowest BCUT2D eigenvalue weighted by molar-refractivity contribution is 0.101. The standard InChI is InChI=1S/C14H16ClN3O/c1-9(2)18-10(3)16-8-13(18)14(19)17-12-7-5-4-6-11(12)15/h4-9H,1-3H3,(H,17,19). The minimum absolute atomic E-state index is 0.175. The normalized spacial score (nSPS) is 10.8. The molecule has 2 aromatic rings. The number of halogens is 1. The van der Waals surface area contributed by atoms with E-state index in [0.717, 1.165) is 5.82 Å². The van der Waals surface area contributed by atoms with Gasteiger partial charge in [0.2, 0.25) is 0 Å². The molecule has 0 aliphatic rings. The molecule has 1 heterocycles. The number of para-hydroxylation sites is 1. The SMILES string of the molecule is Cc1ncc(C(=O)Nc2ccccc2Cl)n1C(C)C. The first-order chi connectivity index (χ1) is 9.00. The number of aryl methyl sites for hydroxylation is 1. The van der Waals surface area contributed by atoms with Crippen molar-refractivity contribution in [1.29, 1.82) is 0 Å². The van der Waals surface area contributed by atoms with Gasteiger partial charge in [0.15, 0.2) is 0 Å². The molecule has 0 atom stereocenters. The van der Waals surface area contributed by atoms with E-state index in [-0.39, 0.29) is 11.9 Å². The van der Waals surface area contributed by atoms with Crippen LogP contribution < -0.4 is 5.32 Å². The number of benzene rings is 1. The minimum atomic E-state index is -0.206. The van der Waals surface area contributed by atoms with Crippen molar-refractivity contribution < 1.29 is 4.79 Å². The molecular weight excluding hydrogens is 262 g/mol. The van der Waals surface area contributed by atoms with Gasteiger partial charge in [-0.2, -0.15) is 0 Å². The van der Waals surface area contributed by atoms with E-state index in [0.29, 0.717) is 16.4 Å². The zero-order valence-corrected chi connectivity index (χ0v) is 11.9. The van der Waals surface area contributed by atoms with Gasteiger partial charge in [-0.05, 0) is 32.9 Å². The second-order valence-electron chi connectivity index (χ2n) is 4.59. The van der Waals surface area contributed by atoms with Crippen molar-refractivity contribution in [2.24, 2.45) is 0 Å². The summed E-state index contributed by atoms with van der Waals surface area (Å²) in [4.78, 5) is 16.5. The summed E-state index contributed by atoms with van der Waals surface area (Å²) >= 11 is 6.03. The molecule has 0 bridgehead atoms. The minimum Gasteiger partial charge on any atom is -0.322 e. The van der Waals surface area contributed by atoms with E-state index in [1.165, 1.54) is 0 Å². The number of rotatable bonds is 3. The average Bonchev–Trinajstić information content (AvgIpc) is 2.74. The molecule has 1 N–H and O–H groups in total. The predicted octanol–water partition coefficient (Wildman–Crippen LogP) is 3.68. The van der Waals surface area contributed by atoms with Gasteiger partial charge in [-0.15, -0.1) is 0 Å². The molecular formula is C14H16ClN3O. The Morgan fingerprint density at radius 1 is 1.37 bits per heavy atom. The van der Waals surface area contributed by atoms with Crippen LogP contribution in [0, 0.1) is 6.92 Å². The van der Waals surface area contributed by atoms with E-state index in [1.807, 2.05) is 37.5 Å². The fraction of sp³-hybridized carbons (Fsp3) is 0.286. The van der Waals surface area contributed by atoms with Crippen LogP contribution in [0.4, 0.5) is 5.69 Å². The smallest absolute Gasteiger partial charge is 0.273 e. The van der Waals surface area contributed by atoms with Gasteiger partial charge in [0.05, 0.1) is 16.9 Å². The van der Waals surface area contributed by atoms with Crippen molar-refractivity contribution in [2.45, 2.75) is 26.8 Å². The van der Waals surface area contributed by atoms with Crippen LogP contribution in [0.3, 0.4) is 0 Å². The lowest BCUT2D eigenvalue weighted by Gasteiger charge is -2.14. The maximum absolute atomic E-state index is 12.3. The number of amides is 1. The van der Waals surface area contributed by atoms with Crippen molar-refractivity contribution in [1.82, 2.24) is 9.55 Å². The molecule has 0 saturated heterocycles. The molecule has 4 nitrogen and oxygen atoms in total. The molecule has 0 saturated carbocycles. The molecule has 0 radical (unpaired) electrons. The number of hydrogen-bond donors (Lipinski definition) is 1. The number of carbonyl (C=O) groups excluding carboxylic acids is 1. The summed E-state index contributed by atoms with van der Waals surface area (Å²) in [5.74, 6) is 0.613. The highest BCUT2D eigenvalue weighted by molar-refractivity contribution is 6.33. The maximum atomic E-state index is 12.3. The number of aromatic nitrogens is 2. The van der Waals surface area contributed by atoms with Gasteiger partial charge in [0.1, 0.15) is 11.5 Å². The largest absolute Gasteiger partial charge is 0.322 e. The van der Waals surface area contributed by atoms with E-state index < -0.39 is 0 Å². The Bertz CT molecular complexity index is 604. The van der Waals surface area contributed by atoms with Gasteiger partial charge in [0, 0.05) is 6.04 Å². The van der Waals surface area contributed by atoms with E-state index in [4.69, 9.17) is 11.6 Å². The molecule has 0 aliphatic heterocycles. The van der Waals surface area contributed by atoms with Crippen molar-refractivity contribution in [3.63, 3.8) is 0 Å². The third kappa shape index (κ3) is 2.79. The molecule has 1 aromatic carbocycles. The fourth-order valence-corrected chi connectivity index (χ4v) is 2.21. The zero-order chi connectivity index (χ0) is 14.0. The molecule has 0 spiro atoms. The quantitative estimate of drug-likeness (QED) is 0.930. The van der Waals surface area contributed by atoms with Crippen LogP contribution in [0.25, 0.3) is 0 Å². The lowest BCUT2D eigenvalue weighted by Crippen LogP contribution is -2.19. The Morgan fingerprint density at radius 2 is 2.05 bits per heavy atom. The Hall–Kier alpha value is -1.81. The maximum Gasteiger partial charge on any atom is 0.273 e. The van der Waals surface area contributed by atoms with Crippen LogP contribution in [-0.2, 0) is 0 Å². The van der Waals surface area contributed by atoms with Gasteiger partial charge in [0.25, 0.3) is 5.91 Å². The third-order valence-corrected chi connectivity index (χ3v) is 3.18. The van der Waals surface area contributed by atoms with Gasteiger partial charge >= 0.3 is 0 Å². The third-order valence-electron chi connectivity index (χ3n) is 2.85. The Morgan fingerprint density at radius 3 is 2.68 bits per heavy atom. The molecule has 1 amide bonds. The Labute approximate surface area is 117 Å². The Balaban J connectivity index is 2.29. The number of anilines is 1. The second kappa shape index (κ2) is 5.45. The van der Waals surface area contributed by atoms with Crippen molar-refractivity contribution in [3.8, 4) is 0 Å². The molecule has 5 heteroatoms. The van der Waals surface area contributed by atoms with Crippen molar-refractivity contribution in [2.75, 3.05) is 5.32 Å². The first-order valence-electron chi connectivity index (χ1n) is 6.10. The van der Waals surface area contributed by atoms with Gasteiger partial charge in [-0.3, -0.25) is 4.79 Å². The van der Waals surface area contributed by atoms with E-state index in [2.05, 4.69) is 10.3 Å². The summed E-state index contributed by atoms with van der Waals surface area (Å²) in [6.45, 7) is 5.91. The number of nitrogens with one attached hydrogen (secondary N) is 1. The van der Waals surface area contributed by atoms with Crippen LogP contribution in [0.2, 0.25) is 5.02 Å². The molecule has 19 heavy (non-hydrogen) atoms. The highest BCUT2D eigenvalue weighted by Crippen LogP contribution is 2.22. The van der Waals surface area contributed by atoms with Crippen LogP contribution in [0.1, 0.15) is 36.2 Å². The number of imidazole rings is 1. The van der Waals surface area contributed by atoms with Gasteiger partial charge < -0.3 is 9.88 Å². The molecule has 2 rings (SSSR count). The van der Waals surface area contributed by atoms with Crippen LogP contribution in [-0.4, -0.2) is 15.5 Å². The zero-order valence-electron chi connectivity index (χ0n) is 11.1. The van der Waals surface area contributed by atoms with Crippen molar-refractivity contribution >= 4 is 23.2 Å². The predicted molar refractivity (Wildman–Crippen MR) is 76.8 cm³/mol. The summed E-state index contributed by atoms with van der Waals surface area (Å²) in [5.41, 5.74) is 1.13. The van der Waals surface area contributed by atoms with E-state index in [9.17, 15) is 4.79 Å². The summed E-state index contributed by atoms with van der Waals surface area (Å²) in [6, 6.07) is 7.33. The van der Waals surface area contributed by atoms with Crippen LogP contribution in [0.15, 0.2) is 30.5 Å². The van der Waals surface area contributed by atoms with Gasteiger partial charge in [-0.25, -0.2) is 4.98 Å². The summed E-state index contributed by atoms with van der Waals surface area (Å²) < 4.78 is 1.90. The summed E-state index contributed by atoms with van der Waals surface area (Å²) in [7, 11) is 0. The number of nitrogens with zero attached hydrogens (tertiary/aromatic N) is 2. The average molecular weight is 278 g/mol. The van der Waals surface area contributed by atoms with Crippen molar-refractivity contribution in [3.05, 3.63) is 47.0 Å². The monoisotopic (exact) mass is 277 g/mol. The topological polar surface area (TPSA) is 46.9 Å². The van der Waals surface area contributed by atoms with Gasteiger partial charge in [-0.1, -0.05) is 23.7 Å². The molecule has 0 unspecified atom stereocenters. The van der Waals surface area contributed by atoms with E-state index >= 15 is 0 Å². The lowest BCUT2D eigenvalue weighted by atomic mass is 10.3. The first kappa shape index (κ1) is 13.6. The molecule has 100 valence electrons. The summed E-state index contributed by atoms with van der Waals surface area (Å²) in [5, 5.41) is 3.32. The Kier molecular flexibility index (Phi) is 3.90. The fourth-order valence-electron chi connectivity index (χ4n) is 2.02. The highest BCUT2D eigenvalue weighted by atomic mass is 35.5. The number of carbonyl (C=O) groups is 1.